The summed E-state index contributed by atoms with van der Waals surface area (Å²) in [6, 6.07) is 13.9. The molecular formula is C19H13N3O4. The number of hydrogen-bond acceptors (Lipinski definition) is 5. The predicted octanol–water partition coefficient (Wildman–Crippen LogP) is 2.15. The molecule has 4 N–H and O–H groups in total. The van der Waals surface area contributed by atoms with Crippen molar-refractivity contribution in [2.75, 3.05) is 0 Å². The average Bonchev–Trinajstić information content (AvgIpc) is 2.97. The Kier molecular flexibility index (Phi) is 3.54. The van der Waals surface area contributed by atoms with Crippen LogP contribution in [0.4, 0.5) is 5.69 Å². The number of fused-ring (bicyclic) bond motifs is 1. The molecule has 0 saturated heterocycles. The Morgan fingerprint density at radius 2 is 1.65 bits per heavy atom. The van der Waals surface area contributed by atoms with E-state index in [-0.39, 0.29) is 11.3 Å². The fourth-order valence-corrected chi connectivity index (χ4v) is 2.85. The van der Waals surface area contributed by atoms with Crippen LogP contribution in [0, 0.1) is 0 Å². The Bertz CT molecular complexity index is 1180. The average molecular weight is 347 g/mol. The van der Waals surface area contributed by atoms with Crippen LogP contribution in [0.15, 0.2) is 63.1 Å². The first kappa shape index (κ1) is 15.6. The summed E-state index contributed by atoms with van der Waals surface area (Å²) in [6.45, 7) is 0. The first-order chi connectivity index (χ1) is 12.5. The molecule has 0 amide bonds. The van der Waals surface area contributed by atoms with E-state index in [0.29, 0.717) is 11.3 Å². The normalized spacial score (nSPS) is 14.3. The van der Waals surface area contributed by atoms with Gasteiger partial charge in [0.25, 0.3) is 5.56 Å². The van der Waals surface area contributed by atoms with Gasteiger partial charge in [0.15, 0.2) is 0 Å². The minimum atomic E-state index is -0.783. The molecule has 7 nitrogen and oxygen atoms in total. The van der Waals surface area contributed by atoms with Crippen LogP contribution in [0.1, 0.15) is 16.7 Å². The minimum absolute atomic E-state index is 0.0669. The van der Waals surface area contributed by atoms with Crippen LogP contribution in [0.2, 0.25) is 0 Å². The van der Waals surface area contributed by atoms with Gasteiger partial charge in [-0.3, -0.25) is 14.8 Å². The molecule has 0 bridgehead atoms. The highest BCUT2D eigenvalue weighted by Crippen LogP contribution is 2.38. The number of nitrogens with zero attached hydrogens (tertiary/aromatic N) is 1. The number of para-hydroxylation sites is 1. The molecule has 0 saturated carbocycles. The lowest BCUT2D eigenvalue weighted by molar-refractivity contribution is 0.447. The van der Waals surface area contributed by atoms with E-state index >= 15 is 0 Å². The van der Waals surface area contributed by atoms with Crippen LogP contribution in [-0.4, -0.2) is 25.9 Å². The third kappa shape index (κ3) is 2.61. The van der Waals surface area contributed by atoms with Gasteiger partial charge in [-0.15, -0.1) is 0 Å². The third-order valence-corrected chi connectivity index (χ3v) is 4.07. The number of aromatic amines is 2. The van der Waals surface area contributed by atoms with Crippen molar-refractivity contribution in [3.63, 3.8) is 0 Å². The number of aliphatic imine (C=N–C) groups is 1. The first-order valence-electron chi connectivity index (χ1n) is 7.78. The van der Waals surface area contributed by atoms with Gasteiger partial charge in [-0.05, 0) is 36.4 Å². The molecule has 128 valence electrons. The van der Waals surface area contributed by atoms with Crippen molar-refractivity contribution in [1.29, 1.82) is 0 Å². The summed E-state index contributed by atoms with van der Waals surface area (Å²) >= 11 is 0. The number of hydrogen-bond donors (Lipinski definition) is 4. The van der Waals surface area contributed by atoms with Crippen molar-refractivity contribution in [2.24, 2.45) is 4.99 Å². The number of rotatable bonds is 2. The molecule has 26 heavy (non-hydrogen) atoms. The lowest BCUT2D eigenvalue weighted by Gasteiger charge is -2.07. The first-order valence-corrected chi connectivity index (χ1v) is 7.78. The summed E-state index contributed by atoms with van der Waals surface area (Å²) in [6.07, 6.45) is 1.49. The van der Waals surface area contributed by atoms with Crippen LogP contribution in [-0.2, 0) is 0 Å². The van der Waals surface area contributed by atoms with Crippen molar-refractivity contribution in [3.8, 4) is 11.6 Å². The van der Waals surface area contributed by atoms with E-state index < -0.39 is 17.1 Å². The zero-order valence-electron chi connectivity index (χ0n) is 13.4. The van der Waals surface area contributed by atoms with Crippen LogP contribution in [0.5, 0.6) is 11.6 Å². The number of H-pyrrole nitrogens is 2. The molecule has 0 unspecified atom stereocenters. The number of nitrogens with one attached hydrogen (secondary N) is 2. The van der Waals surface area contributed by atoms with Gasteiger partial charge in [0.1, 0.15) is 11.3 Å². The zero-order chi connectivity index (χ0) is 18.3. The molecule has 3 aromatic rings. The highest BCUT2D eigenvalue weighted by Gasteiger charge is 2.23. The van der Waals surface area contributed by atoms with Crippen molar-refractivity contribution >= 4 is 23.0 Å². The highest BCUT2D eigenvalue weighted by atomic mass is 16.3. The number of aromatic hydroxyl groups is 2. The number of benzene rings is 2. The maximum absolute atomic E-state index is 12.1. The molecule has 2 aromatic carbocycles. The summed E-state index contributed by atoms with van der Waals surface area (Å²) in [7, 11) is 0. The Morgan fingerprint density at radius 3 is 2.38 bits per heavy atom. The number of allylic oxidation sites excluding steroid dienone is 1. The van der Waals surface area contributed by atoms with Crippen molar-refractivity contribution in [3.05, 3.63) is 86.1 Å². The summed E-state index contributed by atoms with van der Waals surface area (Å²) in [4.78, 5) is 32.2. The third-order valence-electron chi connectivity index (χ3n) is 4.07. The Morgan fingerprint density at radius 1 is 0.923 bits per heavy atom. The van der Waals surface area contributed by atoms with E-state index in [4.69, 9.17) is 0 Å². The van der Waals surface area contributed by atoms with E-state index in [2.05, 4.69) is 15.0 Å². The second-order valence-electron chi connectivity index (χ2n) is 5.75. The monoisotopic (exact) mass is 347 g/mol. The van der Waals surface area contributed by atoms with Gasteiger partial charge in [0, 0.05) is 16.7 Å². The SMILES string of the molecule is O=c1[nH]c(O)c(C=C2C(c3ccc(O)cc3)=Nc3ccccc32)c(=O)[nH]1. The molecule has 0 atom stereocenters. The van der Waals surface area contributed by atoms with Gasteiger partial charge in [-0.1, -0.05) is 18.2 Å². The number of phenols is 1. The maximum Gasteiger partial charge on any atom is 0.328 e. The fourth-order valence-electron chi connectivity index (χ4n) is 2.85. The van der Waals surface area contributed by atoms with Gasteiger partial charge in [0.2, 0.25) is 5.88 Å². The molecule has 1 aliphatic rings. The van der Waals surface area contributed by atoms with Crippen molar-refractivity contribution < 1.29 is 10.2 Å². The molecule has 4 rings (SSSR count). The van der Waals surface area contributed by atoms with E-state index in [1.54, 1.807) is 24.3 Å². The maximum atomic E-state index is 12.1. The molecule has 1 aromatic heterocycles. The van der Waals surface area contributed by atoms with Gasteiger partial charge in [-0.25, -0.2) is 9.79 Å². The molecule has 7 heteroatoms. The second kappa shape index (κ2) is 5.89. The summed E-state index contributed by atoms with van der Waals surface area (Å²) in [5.41, 5.74) is 1.92. The summed E-state index contributed by atoms with van der Waals surface area (Å²) < 4.78 is 0. The molecule has 0 spiro atoms. The summed E-state index contributed by atoms with van der Waals surface area (Å²) in [5.74, 6) is -0.384. The van der Waals surface area contributed by atoms with Crippen LogP contribution < -0.4 is 11.2 Å². The van der Waals surface area contributed by atoms with Crippen LogP contribution in [0.25, 0.3) is 11.6 Å². The molecule has 0 fully saturated rings. The van der Waals surface area contributed by atoms with E-state index in [1.807, 2.05) is 24.3 Å². The van der Waals surface area contributed by atoms with Crippen molar-refractivity contribution in [2.45, 2.75) is 0 Å². The van der Waals surface area contributed by atoms with Crippen LogP contribution >= 0.6 is 0 Å². The predicted molar refractivity (Wildman–Crippen MR) is 98.0 cm³/mol. The molecular weight excluding hydrogens is 334 g/mol. The Labute approximate surface area is 146 Å². The van der Waals surface area contributed by atoms with Gasteiger partial charge in [0.05, 0.1) is 11.4 Å². The zero-order valence-corrected chi connectivity index (χ0v) is 13.4. The minimum Gasteiger partial charge on any atom is -0.508 e. The largest absolute Gasteiger partial charge is 0.508 e. The Hall–Kier alpha value is -3.87. The van der Waals surface area contributed by atoms with E-state index in [0.717, 1.165) is 16.8 Å². The van der Waals surface area contributed by atoms with Crippen molar-refractivity contribution in [1.82, 2.24) is 9.97 Å². The van der Waals surface area contributed by atoms with Gasteiger partial charge < -0.3 is 10.2 Å². The molecule has 1 aliphatic heterocycles. The highest BCUT2D eigenvalue weighted by molar-refractivity contribution is 6.39. The topological polar surface area (TPSA) is 119 Å². The smallest absolute Gasteiger partial charge is 0.328 e. The van der Waals surface area contributed by atoms with Gasteiger partial charge >= 0.3 is 5.69 Å². The number of phenolic OH excluding ortho intramolecular Hbond substituents is 1. The van der Waals surface area contributed by atoms with Crippen LogP contribution in [0.3, 0.4) is 0 Å². The lowest BCUT2D eigenvalue weighted by atomic mass is 9.96. The standard InChI is InChI=1S/C19H13N3O4/c23-11-7-5-10(6-8-11)16-13(12-3-1-2-4-15(12)20-16)9-14-17(24)21-19(26)22-18(14)25/h1-9,23H,(H3,21,22,24,25,26). The van der Waals surface area contributed by atoms with Gasteiger partial charge in [-0.2, -0.15) is 0 Å². The number of aromatic nitrogens is 2. The van der Waals surface area contributed by atoms with E-state index in [9.17, 15) is 19.8 Å². The van der Waals surface area contributed by atoms with E-state index in [1.165, 1.54) is 6.08 Å². The fraction of sp³-hybridized carbons (Fsp3) is 0. The molecule has 0 aliphatic carbocycles. The molecule has 2 heterocycles. The summed E-state index contributed by atoms with van der Waals surface area (Å²) in [5, 5.41) is 19.5. The Balaban J connectivity index is 1.95. The molecule has 0 radical (unpaired) electrons. The quantitative estimate of drug-likeness (QED) is 0.568. The second-order valence-corrected chi connectivity index (χ2v) is 5.75. The lowest BCUT2D eigenvalue weighted by Crippen LogP contribution is -2.23.